The molecule has 0 saturated carbocycles. The first-order valence-corrected chi connectivity index (χ1v) is 6.53. The van der Waals surface area contributed by atoms with Crippen LogP contribution in [0.4, 0.5) is 0 Å². The van der Waals surface area contributed by atoms with Crippen LogP contribution in [0.15, 0.2) is 12.1 Å². The number of hydrogen-bond donors (Lipinski definition) is 1. The van der Waals surface area contributed by atoms with Crippen molar-refractivity contribution in [1.29, 1.82) is 0 Å². The fourth-order valence-electron chi connectivity index (χ4n) is 2.46. The molecule has 0 amide bonds. The number of rotatable bonds is 3. The lowest BCUT2D eigenvalue weighted by Crippen LogP contribution is -2.32. The van der Waals surface area contributed by atoms with E-state index >= 15 is 0 Å². The Morgan fingerprint density at radius 1 is 1.22 bits per heavy atom. The van der Waals surface area contributed by atoms with Crippen molar-refractivity contribution in [2.75, 3.05) is 20.2 Å². The Hall–Kier alpha value is -1.35. The van der Waals surface area contributed by atoms with Gasteiger partial charge in [-0.1, -0.05) is 0 Å². The van der Waals surface area contributed by atoms with Gasteiger partial charge in [0.1, 0.15) is 5.75 Å². The molecule has 0 aliphatic carbocycles. The molecule has 0 spiro atoms. The molecule has 1 aromatic carbocycles. The fraction of sp³-hybridized carbons (Fsp3) is 0.533. The minimum Gasteiger partial charge on any atom is -0.496 e. The zero-order valence-corrected chi connectivity index (χ0v) is 11.4. The van der Waals surface area contributed by atoms with Crippen molar-refractivity contribution >= 4 is 5.78 Å². The molecule has 1 N–H and O–H groups in total. The Kier molecular flexibility index (Phi) is 4.02. The van der Waals surface area contributed by atoms with Gasteiger partial charge in [0.2, 0.25) is 0 Å². The number of Topliss-reactive ketones (excluding diaryl/α,β-unsaturated/α-hetero) is 1. The summed E-state index contributed by atoms with van der Waals surface area (Å²) < 4.78 is 5.36. The molecule has 0 atom stereocenters. The molecule has 3 nitrogen and oxygen atoms in total. The van der Waals surface area contributed by atoms with E-state index in [2.05, 4.69) is 5.32 Å². The van der Waals surface area contributed by atoms with E-state index in [0.717, 1.165) is 42.6 Å². The minimum atomic E-state index is 0.141. The third-order valence-electron chi connectivity index (χ3n) is 3.79. The summed E-state index contributed by atoms with van der Waals surface area (Å²) in [6.45, 7) is 5.94. The first-order valence-electron chi connectivity index (χ1n) is 6.53. The molecule has 2 rings (SSSR count). The summed E-state index contributed by atoms with van der Waals surface area (Å²) >= 11 is 0. The van der Waals surface area contributed by atoms with Gasteiger partial charge in [-0.3, -0.25) is 4.79 Å². The van der Waals surface area contributed by atoms with Gasteiger partial charge in [0.05, 0.1) is 12.7 Å². The van der Waals surface area contributed by atoms with Crippen molar-refractivity contribution in [1.82, 2.24) is 5.32 Å². The number of hydrogen-bond acceptors (Lipinski definition) is 3. The highest BCUT2D eigenvalue weighted by atomic mass is 16.5. The maximum absolute atomic E-state index is 12.5. The third-order valence-corrected chi connectivity index (χ3v) is 3.79. The Bertz CT molecular complexity index is 448. The van der Waals surface area contributed by atoms with Gasteiger partial charge in [0, 0.05) is 5.92 Å². The van der Waals surface area contributed by atoms with Crippen molar-refractivity contribution in [3.8, 4) is 5.75 Å². The first kappa shape index (κ1) is 13.1. The topological polar surface area (TPSA) is 38.3 Å². The molecule has 1 aliphatic heterocycles. The van der Waals surface area contributed by atoms with Crippen LogP contribution in [0.25, 0.3) is 0 Å². The number of carbonyl (C=O) groups is 1. The second kappa shape index (κ2) is 5.53. The van der Waals surface area contributed by atoms with Gasteiger partial charge in [-0.25, -0.2) is 0 Å². The van der Waals surface area contributed by atoms with Crippen LogP contribution in [0, 0.1) is 19.8 Å². The smallest absolute Gasteiger partial charge is 0.169 e. The lowest BCUT2D eigenvalue weighted by molar-refractivity contribution is 0.0892. The summed E-state index contributed by atoms with van der Waals surface area (Å²) in [5.74, 6) is 1.08. The van der Waals surface area contributed by atoms with Gasteiger partial charge >= 0.3 is 0 Å². The van der Waals surface area contributed by atoms with E-state index in [1.807, 2.05) is 26.0 Å². The predicted molar refractivity (Wildman–Crippen MR) is 72.4 cm³/mol. The Morgan fingerprint density at radius 2 is 1.83 bits per heavy atom. The van der Waals surface area contributed by atoms with Crippen molar-refractivity contribution in [2.24, 2.45) is 5.92 Å². The maximum atomic E-state index is 12.5. The molecule has 1 fully saturated rings. The quantitative estimate of drug-likeness (QED) is 0.834. The largest absolute Gasteiger partial charge is 0.496 e. The highest BCUT2D eigenvalue weighted by Crippen LogP contribution is 2.28. The highest BCUT2D eigenvalue weighted by molar-refractivity contribution is 6.00. The van der Waals surface area contributed by atoms with E-state index in [1.165, 1.54) is 0 Å². The lowest BCUT2D eigenvalue weighted by Gasteiger charge is -2.22. The van der Waals surface area contributed by atoms with Crippen LogP contribution in [0.1, 0.15) is 34.3 Å². The van der Waals surface area contributed by atoms with Gasteiger partial charge in [0.15, 0.2) is 5.78 Å². The summed E-state index contributed by atoms with van der Waals surface area (Å²) in [5.41, 5.74) is 3.05. The molecule has 98 valence electrons. The van der Waals surface area contributed by atoms with Crippen molar-refractivity contribution < 1.29 is 9.53 Å². The van der Waals surface area contributed by atoms with Crippen molar-refractivity contribution in [3.05, 3.63) is 28.8 Å². The Labute approximate surface area is 109 Å². The van der Waals surface area contributed by atoms with E-state index in [0.29, 0.717) is 5.75 Å². The van der Waals surface area contributed by atoms with Crippen LogP contribution in [0.3, 0.4) is 0 Å². The van der Waals surface area contributed by atoms with Crippen molar-refractivity contribution in [3.63, 3.8) is 0 Å². The van der Waals surface area contributed by atoms with Crippen LogP contribution in [-0.2, 0) is 0 Å². The molecular formula is C15H21NO2. The number of ether oxygens (including phenoxy) is 1. The maximum Gasteiger partial charge on any atom is 0.169 e. The normalized spacial score (nSPS) is 16.6. The van der Waals surface area contributed by atoms with E-state index < -0.39 is 0 Å². The molecule has 1 heterocycles. The summed E-state index contributed by atoms with van der Waals surface area (Å²) in [4.78, 5) is 12.5. The zero-order valence-electron chi connectivity index (χ0n) is 11.4. The van der Waals surface area contributed by atoms with Gasteiger partial charge in [0.25, 0.3) is 0 Å². The fourth-order valence-corrected chi connectivity index (χ4v) is 2.46. The molecule has 0 aromatic heterocycles. The van der Waals surface area contributed by atoms with E-state index in [1.54, 1.807) is 7.11 Å². The molecule has 18 heavy (non-hydrogen) atoms. The van der Waals surface area contributed by atoms with Crippen LogP contribution in [-0.4, -0.2) is 26.0 Å². The molecule has 1 aliphatic rings. The lowest BCUT2D eigenvalue weighted by atomic mass is 9.88. The van der Waals surface area contributed by atoms with Crippen LogP contribution >= 0.6 is 0 Å². The second-order valence-corrected chi connectivity index (χ2v) is 5.03. The van der Waals surface area contributed by atoms with E-state index in [4.69, 9.17) is 4.74 Å². The number of benzene rings is 1. The van der Waals surface area contributed by atoms with Crippen LogP contribution < -0.4 is 10.1 Å². The average molecular weight is 247 g/mol. The number of piperidine rings is 1. The number of methoxy groups -OCH3 is 1. The zero-order chi connectivity index (χ0) is 13.1. The third kappa shape index (κ3) is 2.56. The molecule has 1 saturated heterocycles. The minimum absolute atomic E-state index is 0.141. The summed E-state index contributed by atoms with van der Waals surface area (Å²) in [6, 6.07) is 3.93. The van der Waals surface area contributed by atoms with Gasteiger partial charge in [-0.05, 0) is 63.0 Å². The standard InChI is InChI=1S/C15H21NO2/c1-10-8-13(14(18-3)9-11(10)2)15(17)12-4-6-16-7-5-12/h8-9,12,16H,4-7H2,1-3H3. The predicted octanol–water partition coefficient (Wildman–Crippen LogP) is 2.49. The Morgan fingerprint density at radius 3 is 2.44 bits per heavy atom. The van der Waals surface area contributed by atoms with Gasteiger partial charge in [-0.2, -0.15) is 0 Å². The monoisotopic (exact) mass is 247 g/mol. The van der Waals surface area contributed by atoms with E-state index in [9.17, 15) is 4.79 Å². The van der Waals surface area contributed by atoms with E-state index in [-0.39, 0.29) is 11.7 Å². The first-order chi connectivity index (χ1) is 8.63. The van der Waals surface area contributed by atoms with Gasteiger partial charge < -0.3 is 10.1 Å². The summed E-state index contributed by atoms with van der Waals surface area (Å²) in [6.07, 6.45) is 1.85. The summed E-state index contributed by atoms with van der Waals surface area (Å²) in [5, 5.41) is 3.29. The molecule has 3 heteroatoms. The molecule has 1 aromatic rings. The van der Waals surface area contributed by atoms with Crippen LogP contribution in [0.5, 0.6) is 5.75 Å². The molecule has 0 unspecified atom stereocenters. The van der Waals surface area contributed by atoms with Crippen LogP contribution in [0.2, 0.25) is 0 Å². The number of aryl methyl sites for hydroxylation is 2. The summed E-state index contributed by atoms with van der Waals surface area (Å²) in [7, 11) is 1.63. The number of nitrogens with one attached hydrogen (secondary N) is 1. The highest BCUT2D eigenvalue weighted by Gasteiger charge is 2.25. The number of carbonyl (C=O) groups excluding carboxylic acids is 1. The number of ketones is 1. The molecule has 0 bridgehead atoms. The second-order valence-electron chi connectivity index (χ2n) is 5.03. The Balaban J connectivity index is 2.31. The molecular weight excluding hydrogens is 226 g/mol. The van der Waals surface area contributed by atoms with Gasteiger partial charge in [-0.15, -0.1) is 0 Å². The van der Waals surface area contributed by atoms with Crippen molar-refractivity contribution in [2.45, 2.75) is 26.7 Å². The SMILES string of the molecule is COc1cc(C)c(C)cc1C(=O)C1CCNCC1. The average Bonchev–Trinajstić information content (AvgIpc) is 2.41. The molecule has 0 radical (unpaired) electrons.